The average molecular weight is 217 g/mol. The quantitative estimate of drug-likeness (QED) is 0.595. The van der Waals surface area contributed by atoms with Crippen LogP contribution in [0.1, 0.15) is 11.1 Å². The zero-order chi connectivity index (χ0) is 10.6. The van der Waals surface area contributed by atoms with Gasteiger partial charge in [0.1, 0.15) is 5.82 Å². The van der Waals surface area contributed by atoms with Gasteiger partial charge in [-0.2, -0.15) is 0 Å². The molecule has 0 atom stereocenters. The second-order valence-corrected chi connectivity index (χ2v) is 3.56. The monoisotopic (exact) mass is 216 g/mol. The van der Waals surface area contributed by atoms with E-state index in [1.54, 1.807) is 13.0 Å². The first-order chi connectivity index (χ1) is 6.65. The van der Waals surface area contributed by atoms with Gasteiger partial charge in [0.2, 0.25) is 0 Å². The van der Waals surface area contributed by atoms with E-state index in [0.717, 1.165) is 5.56 Å². The summed E-state index contributed by atoms with van der Waals surface area (Å²) in [6, 6.07) is 3.12. The maximum atomic E-state index is 13.2. The molecule has 0 amide bonds. The predicted molar refractivity (Wildman–Crippen MR) is 56.9 cm³/mol. The topological polar surface area (TPSA) is 24.1 Å². The normalized spacial score (nSPS) is 10.6. The van der Waals surface area contributed by atoms with Crippen molar-refractivity contribution in [3.63, 3.8) is 0 Å². The van der Waals surface area contributed by atoms with Gasteiger partial charge in [0.25, 0.3) is 0 Å². The SMILES string of the molecule is CNCNCc1cc(F)c(C)cc1Cl. The molecule has 0 bridgehead atoms. The van der Waals surface area contributed by atoms with Gasteiger partial charge in [-0.05, 0) is 37.2 Å². The summed E-state index contributed by atoms with van der Waals surface area (Å²) in [4.78, 5) is 0. The first kappa shape index (κ1) is 11.4. The zero-order valence-corrected chi connectivity index (χ0v) is 9.08. The molecule has 0 fully saturated rings. The van der Waals surface area contributed by atoms with Crippen molar-refractivity contribution in [2.24, 2.45) is 0 Å². The first-order valence-corrected chi connectivity index (χ1v) is 4.82. The minimum Gasteiger partial charge on any atom is -0.308 e. The van der Waals surface area contributed by atoms with Gasteiger partial charge in [0.15, 0.2) is 0 Å². The molecule has 4 heteroatoms. The van der Waals surface area contributed by atoms with Crippen LogP contribution in [0.4, 0.5) is 4.39 Å². The molecule has 14 heavy (non-hydrogen) atoms. The third-order valence-electron chi connectivity index (χ3n) is 1.94. The standard InChI is InChI=1S/C10H14ClFN2/c1-7-3-9(11)8(4-10(7)12)5-14-6-13-2/h3-4,13-14H,5-6H2,1-2H3. The van der Waals surface area contributed by atoms with Crippen molar-refractivity contribution in [1.29, 1.82) is 0 Å². The van der Waals surface area contributed by atoms with Gasteiger partial charge in [-0.15, -0.1) is 0 Å². The zero-order valence-electron chi connectivity index (χ0n) is 8.32. The van der Waals surface area contributed by atoms with Crippen LogP contribution in [0.15, 0.2) is 12.1 Å². The Bertz CT molecular complexity index is 315. The molecule has 0 unspecified atom stereocenters. The number of halogens is 2. The van der Waals surface area contributed by atoms with Crippen molar-refractivity contribution in [3.05, 3.63) is 34.1 Å². The second kappa shape index (κ2) is 5.29. The van der Waals surface area contributed by atoms with E-state index in [4.69, 9.17) is 11.6 Å². The van der Waals surface area contributed by atoms with Crippen molar-refractivity contribution in [2.45, 2.75) is 13.5 Å². The number of hydrogen-bond acceptors (Lipinski definition) is 2. The fourth-order valence-corrected chi connectivity index (χ4v) is 1.43. The molecule has 2 N–H and O–H groups in total. The largest absolute Gasteiger partial charge is 0.308 e. The summed E-state index contributed by atoms with van der Waals surface area (Å²) in [5.74, 6) is -0.212. The van der Waals surface area contributed by atoms with Gasteiger partial charge in [-0.1, -0.05) is 11.6 Å². The minimum atomic E-state index is -0.212. The molecular formula is C10H14ClFN2. The molecule has 1 aromatic carbocycles. The van der Waals surface area contributed by atoms with Crippen LogP contribution in [0.2, 0.25) is 5.02 Å². The van der Waals surface area contributed by atoms with Crippen LogP contribution in [0, 0.1) is 12.7 Å². The fourth-order valence-electron chi connectivity index (χ4n) is 1.15. The summed E-state index contributed by atoms with van der Waals surface area (Å²) in [7, 11) is 1.84. The van der Waals surface area contributed by atoms with E-state index < -0.39 is 0 Å². The van der Waals surface area contributed by atoms with Gasteiger partial charge in [0.05, 0.1) is 0 Å². The van der Waals surface area contributed by atoms with Gasteiger partial charge >= 0.3 is 0 Å². The highest BCUT2D eigenvalue weighted by Crippen LogP contribution is 2.19. The van der Waals surface area contributed by atoms with Crippen LogP contribution < -0.4 is 10.6 Å². The van der Waals surface area contributed by atoms with Crippen LogP contribution in [0.25, 0.3) is 0 Å². The Morgan fingerprint density at radius 1 is 1.43 bits per heavy atom. The number of nitrogens with one attached hydrogen (secondary N) is 2. The highest BCUT2D eigenvalue weighted by molar-refractivity contribution is 6.31. The van der Waals surface area contributed by atoms with Crippen molar-refractivity contribution >= 4 is 11.6 Å². The Kier molecular flexibility index (Phi) is 4.32. The Hall–Kier alpha value is -0.640. The van der Waals surface area contributed by atoms with E-state index in [0.29, 0.717) is 23.8 Å². The molecule has 0 heterocycles. The number of rotatable bonds is 4. The van der Waals surface area contributed by atoms with Gasteiger partial charge in [-0.25, -0.2) is 4.39 Å². The van der Waals surface area contributed by atoms with Crippen LogP contribution >= 0.6 is 11.6 Å². The lowest BCUT2D eigenvalue weighted by molar-refractivity contribution is 0.604. The smallest absolute Gasteiger partial charge is 0.126 e. The van der Waals surface area contributed by atoms with Crippen LogP contribution in [0.5, 0.6) is 0 Å². The highest BCUT2D eigenvalue weighted by atomic mass is 35.5. The van der Waals surface area contributed by atoms with Crippen molar-refractivity contribution in [1.82, 2.24) is 10.6 Å². The van der Waals surface area contributed by atoms with Crippen molar-refractivity contribution < 1.29 is 4.39 Å². The molecule has 0 saturated carbocycles. The van der Waals surface area contributed by atoms with E-state index in [9.17, 15) is 4.39 Å². The molecule has 1 rings (SSSR count). The van der Waals surface area contributed by atoms with Crippen LogP contribution in [0.3, 0.4) is 0 Å². The molecule has 78 valence electrons. The molecule has 0 radical (unpaired) electrons. The van der Waals surface area contributed by atoms with Crippen molar-refractivity contribution in [2.75, 3.05) is 13.7 Å². The lowest BCUT2D eigenvalue weighted by atomic mass is 10.1. The number of benzene rings is 1. The Morgan fingerprint density at radius 2 is 2.14 bits per heavy atom. The number of aryl methyl sites for hydroxylation is 1. The molecule has 0 aliphatic carbocycles. The average Bonchev–Trinajstić information content (AvgIpc) is 2.14. The third-order valence-corrected chi connectivity index (χ3v) is 2.30. The van der Waals surface area contributed by atoms with E-state index in [1.807, 2.05) is 7.05 Å². The summed E-state index contributed by atoms with van der Waals surface area (Å²) in [6.07, 6.45) is 0. The van der Waals surface area contributed by atoms with E-state index in [2.05, 4.69) is 10.6 Å². The first-order valence-electron chi connectivity index (χ1n) is 4.45. The summed E-state index contributed by atoms with van der Waals surface area (Å²) in [5, 5.41) is 6.62. The predicted octanol–water partition coefficient (Wildman–Crippen LogP) is 2.05. The molecule has 0 aromatic heterocycles. The summed E-state index contributed by atoms with van der Waals surface area (Å²) in [6.45, 7) is 2.94. The fraction of sp³-hybridized carbons (Fsp3) is 0.400. The molecular weight excluding hydrogens is 203 g/mol. The minimum absolute atomic E-state index is 0.212. The van der Waals surface area contributed by atoms with Crippen molar-refractivity contribution in [3.8, 4) is 0 Å². The van der Waals surface area contributed by atoms with Crippen LogP contribution in [-0.2, 0) is 6.54 Å². The molecule has 1 aromatic rings. The lowest BCUT2D eigenvalue weighted by Gasteiger charge is -2.07. The second-order valence-electron chi connectivity index (χ2n) is 3.15. The molecule has 0 saturated heterocycles. The molecule has 2 nitrogen and oxygen atoms in total. The number of hydrogen-bond donors (Lipinski definition) is 2. The van der Waals surface area contributed by atoms with Gasteiger partial charge in [-0.3, -0.25) is 0 Å². The molecule has 0 aliphatic heterocycles. The Balaban J connectivity index is 2.72. The van der Waals surface area contributed by atoms with Crippen LogP contribution in [-0.4, -0.2) is 13.7 Å². The summed E-state index contributed by atoms with van der Waals surface area (Å²) >= 11 is 5.95. The Labute approximate surface area is 88.5 Å². The van der Waals surface area contributed by atoms with E-state index >= 15 is 0 Å². The van der Waals surface area contributed by atoms with Gasteiger partial charge in [0, 0.05) is 18.2 Å². The van der Waals surface area contributed by atoms with E-state index in [-0.39, 0.29) is 5.82 Å². The van der Waals surface area contributed by atoms with Gasteiger partial charge < -0.3 is 10.6 Å². The maximum Gasteiger partial charge on any atom is 0.126 e. The highest BCUT2D eigenvalue weighted by Gasteiger charge is 2.04. The summed E-state index contributed by atoms with van der Waals surface area (Å²) < 4.78 is 13.2. The molecule has 0 spiro atoms. The Morgan fingerprint density at radius 3 is 2.79 bits per heavy atom. The molecule has 0 aliphatic rings. The maximum absolute atomic E-state index is 13.2. The van der Waals surface area contributed by atoms with E-state index in [1.165, 1.54) is 6.07 Å². The summed E-state index contributed by atoms with van der Waals surface area (Å²) in [5.41, 5.74) is 1.36. The lowest BCUT2D eigenvalue weighted by Crippen LogP contribution is -2.25. The third kappa shape index (κ3) is 2.94.